The van der Waals surface area contributed by atoms with Gasteiger partial charge in [0.25, 0.3) is 0 Å². The number of nitrogens with zero attached hydrogens (tertiary/aromatic N) is 2. The number of alkyl halides is 3. The van der Waals surface area contributed by atoms with Crippen molar-refractivity contribution in [3.63, 3.8) is 0 Å². The van der Waals surface area contributed by atoms with E-state index in [-0.39, 0.29) is 34.1 Å². The number of nitrogens with one attached hydrogen (secondary N) is 1. The van der Waals surface area contributed by atoms with Crippen molar-refractivity contribution in [3.8, 4) is 0 Å². The van der Waals surface area contributed by atoms with E-state index in [2.05, 4.69) is 26.2 Å². The SMILES string of the molecule is CCc1nc(C(F)(F)F)cc(Br)c1NC(=O)C1CCN(C(=O)OC(C)(C)C)CC1. The molecule has 1 aromatic heterocycles. The minimum absolute atomic E-state index is 0.135. The number of aromatic nitrogens is 1. The highest BCUT2D eigenvalue weighted by molar-refractivity contribution is 9.10. The van der Waals surface area contributed by atoms with E-state index in [0.717, 1.165) is 6.07 Å². The lowest BCUT2D eigenvalue weighted by atomic mass is 9.96. The van der Waals surface area contributed by atoms with Crippen LogP contribution >= 0.6 is 15.9 Å². The molecule has 0 bridgehead atoms. The maximum absolute atomic E-state index is 13.0. The minimum atomic E-state index is -4.57. The van der Waals surface area contributed by atoms with Crippen LogP contribution in [0.25, 0.3) is 0 Å². The normalized spacial score (nSPS) is 15.9. The van der Waals surface area contributed by atoms with E-state index in [1.807, 2.05) is 0 Å². The smallest absolute Gasteiger partial charge is 0.433 e. The molecular weight excluding hydrogens is 455 g/mol. The van der Waals surface area contributed by atoms with Crippen molar-refractivity contribution >= 4 is 33.6 Å². The van der Waals surface area contributed by atoms with Crippen LogP contribution in [0.3, 0.4) is 0 Å². The van der Waals surface area contributed by atoms with Gasteiger partial charge in [0.1, 0.15) is 11.3 Å². The molecule has 162 valence electrons. The lowest BCUT2D eigenvalue weighted by Crippen LogP contribution is -2.43. The highest BCUT2D eigenvalue weighted by Crippen LogP contribution is 2.35. The molecule has 0 unspecified atom stereocenters. The first-order valence-corrected chi connectivity index (χ1v) is 10.2. The average molecular weight is 480 g/mol. The van der Waals surface area contributed by atoms with Crippen molar-refractivity contribution in [2.24, 2.45) is 5.92 Å². The van der Waals surface area contributed by atoms with Gasteiger partial charge in [-0.1, -0.05) is 6.92 Å². The Morgan fingerprint density at radius 2 is 1.86 bits per heavy atom. The summed E-state index contributed by atoms with van der Waals surface area (Å²) in [5, 5.41) is 2.71. The van der Waals surface area contributed by atoms with Crippen LogP contribution in [0.4, 0.5) is 23.7 Å². The van der Waals surface area contributed by atoms with Gasteiger partial charge in [0.2, 0.25) is 5.91 Å². The van der Waals surface area contributed by atoms with E-state index in [0.29, 0.717) is 25.9 Å². The number of anilines is 1. The van der Waals surface area contributed by atoms with Gasteiger partial charge in [-0.05, 0) is 62.0 Å². The van der Waals surface area contributed by atoms with Gasteiger partial charge in [-0.15, -0.1) is 0 Å². The number of pyridine rings is 1. The summed E-state index contributed by atoms with van der Waals surface area (Å²) in [5.74, 6) is -0.654. The van der Waals surface area contributed by atoms with E-state index < -0.39 is 23.6 Å². The Hall–Kier alpha value is -1.84. The van der Waals surface area contributed by atoms with Crippen LogP contribution in [0.2, 0.25) is 0 Å². The van der Waals surface area contributed by atoms with E-state index in [9.17, 15) is 22.8 Å². The predicted molar refractivity (Wildman–Crippen MR) is 105 cm³/mol. The third-order valence-corrected chi connectivity index (χ3v) is 5.06. The number of hydrogen-bond acceptors (Lipinski definition) is 4. The highest BCUT2D eigenvalue weighted by Gasteiger charge is 2.35. The van der Waals surface area contributed by atoms with Crippen molar-refractivity contribution in [2.45, 2.75) is 58.7 Å². The van der Waals surface area contributed by atoms with Crippen LogP contribution < -0.4 is 5.32 Å². The number of carbonyl (C=O) groups is 2. The number of piperidine rings is 1. The lowest BCUT2D eigenvalue weighted by Gasteiger charge is -2.33. The van der Waals surface area contributed by atoms with Crippen LogP contribution in [0.15, 0.2) is 10.5 Å². The van der Waals surface area contributed by atoms with Gasteiger partial charge in [0.05, 0.1) is 11.4 Å². The molecule has 0 aliphatic carbocycles. The molecule has 0 spiro atoms. The molecule has 1 aliphatic rings. The highest BCUT2D eigenvalue weighted by atomic mass is 79.9. The first-order valence-electron chi connectivity index (χ1n) is 9.37. The first kappa shape index (κ1) is 23.4. The van der Waals surface area contributed by atoms with Crippen molar-refractivity contribution < 1.29 is 27.5 Å². The van der Waals surface area contributed by atoms with Gasteiger partial charge in [0, 0.05) is 23.5 Å². The van der Waals surface area contributed by atoms with Crippen LogP contribution in [0.5, 0.6) is 0 Å². The molecular formula is C19H25BrF3N3O3. The number of rotatable bonds is 3. The van der Waals surface area contributed by atoms with Gasteiger partial charge in [-0.3, -0.25) is 4.79 Å². The Morgan fingerprint density at radius 1 is 1.28 bits per heavy atom. The molecule has 1 N–H and O–H groups in total. The summed E-state index contributed by atoms with van der Waals surface area (Å²) in [5.41, 5.74) is -1.19. The molecule has 29 heavy (non-hydrogen) atoms. The van der Waals surface area contributed by atoms with Crippen LogP contribution in [-0.4, -0.2) is 40.6 Å². The molecule has 6 nitrogen and oxygen atoms in total. The first-order chi connectivity index (χ1) is 13.3. The molecule has 2 rings (SSSR count). The maximum Gasteiger partial charge on any atom is 0.433 e. The Labute approximate surface area is 176 Å². The number of carbonyl (C=O) groups excluding carboxylic acids is 2. The quantitative estimate of drug-likeness (QED) is 0.661. The Balaban J connectivity index is 2.04. The number of halogens is 4. The number of aryl methyl sites for hydroxylation is 1. The fourth-order valence-corrected chi connectivity index (χ4v) is 3.52. The minimum Gasteiger partial charge on any atom is -0.444 e. The summed E-state index contributed by atoms with van der Waals surface area (Å²) >= 11 is 3.12. The summed E-state index contributed by atoms with van der Waals surface area (Å²) in [6, 6.07) is 0.861. The third kappa shape index (κ3) is 6.32. The van der Waals surface area contributed by atoms with Crippen molar-refractivity contribution in [2.75, 3.05) is 18.4 Å². The molecule has 0 atom stereocenters. The zero-order chi connectivity index (χ0) is 22.0. The van der Waals surface area contributed by atoms with Crippen molar-refractivity contribution in [3.05, 3.63) is 21.9 Å². The molecule has 2 heterocycles. The van der Waals surface area contributed by atoms with Crippen LogP contribution in [0.1, 0.15) is 51.9 Å². The van der Waals surface area contributed by atoms with Gasteiger partial charge in [-0.2, -0.15) is 13.2 Å². The molecule has 2 amide bonds. The predicted octanol–water partition coefficient (Wildman–Crippen LogP) is 5.01. The van der Waals surface area contributed by atoms with E-state index >= 15 is 0 Å². The zero-order valence-corrected chi connectivity index (χ0v) is 18.4. The van der Waals surface area contributed by atoms with Crippen LogP contribution in [0, 0.1) is 5.92 Å². The molecule has 10 heteroatoms. The number of amides is 2. The molecule has 1 aliphatic heterocycles. The van der Waals surface area contributed by atoms with Gasteiger partial charge >= 0.3 is 12.3 Å². The fourth-order valence-electron chi connectivity index (χ4n) is 2.97. The number of likely N-dealkylation sites (tertiary alicyclic amines) is 1. The molecule has 1 aromatic rings. The van der Waals surface area contributed by atoms with E-state index in [4.69, 9.17) is 4.74 Å². The summed E-state index contributed by atoms with van der Waals surface area (Å²) in [7, 11) is 0. The summed E-state index contributed by atoms with van der Waals surface area (Å²) in [6.45, 7) is 7.77. The maximum atomic E-state index is 13.0. The molecule has 1 fully saturated rings. The largest absolute Gasteiger partial charge is 0.444 e. The summed E-state index contributed by atoms with van der Waals surface area (Å²) in [6.07, 6.45) is -3.87. The molecule has 0 radical (unpaired) electrons. The van der Waals surface area contributed by atoms with Crippen molar-refractivity contribution in [1.29, 1.82) is 0 Å². The van der Waals surface area contributed by atoms with E-state index in [1.165, 1.54) is 0 Å². The molecule has 1 saturated heterocycles. The average Bonchev–Trinajstić information content (AvgIpc) is 2.60. The standard InChI is InChI=1S/C19H25BrF3N3O3/c1-5-13-15(12(20)10-14(24-13)19(21,22)23)25-16(27)11-6-8-26(9-7-11)17(28)29-18(2,3)4/h10-11H,5-9H2,1-4H3,(H,25,27). The fraction of sp³-hybridized carbons (Fsp3) is 0.632. The second-order valence-electron chi connectivity index (χ2n) is 7.89. The van der Waals surface area contributed by atoms with Crippen LogP contribution in [-0.2, 0) is 22.1 Å². The summed E-state index contributed by atoms with van der Waals surface area (Å²) < 4.78 is 44.4. The van der Waals surface area contributed by atoms with Gasteiger partial charge in [0.15, 0.2) is 0 Å². The van der Waals surface area contributed by atoms with Crippen molar-refractivity contribution in [1.82, 2.24) is 9.88 Å². The second-order valence-corrected chi connectivity index (χ2v) is 8.75. The number of hydrogen-bond donors (Lipinski definition) is 1. The molecule has 0 aromatic carbocycles. The zero-order valence-electron chi connectivity index (χ0n) is 16.8. The lowest BCUT2D eigenvalue weighted by molar-refractivity contribution is -0.141. The Morgan fingerprint density at radius 3 is 2.34 bits per heavy atom. The topological polar surface area (TPSA) is 71.5 Å². The second kappa shape index (κ2) is 8.89. The summed E-state index contributed by atoms with van der Waals surface area (Å²) in [4.78, 5) is 30.0. The van der Waals surface area contributed by atoms with Gasteiger partial charge in [-0.25, -0.2) is 9.78 Å². The van der Waals surface area contributed by atoms with E-state index in [1.54, 1.807) is 32.6 Å². The van der Waals surface area contributed by atoms with Gasteiger partial charge < -0.3 is 15.0 Å². The number of ether oxygens (including phenoxy) is 1. The Kier molecular flexibility index (Phi) is 7.19. The molecule has 0 saturated carbocycles. The Bertz CT molecular complexity index is 770. The third-order valence-electron chi connectivity index (χ3n) is 4.44. The monoisotopic (exact) mass is 479 g/mol.